The van der Waals surface area contributed by atoms with Crippen LogP contribution in [0.15, 0.2) is 18.2 Å². The number of halogens is 1. The SMILES string of the molecule is Cl.NC1C2CCC(C2)C1C(=O)Nc1ccc2c(c1)CCO2. The van der Waals surface area contributed by atoms with Crippen molar-refractivity contribution in [1.82, 2.24) is 0 Å². The molecule has 1 aromatic carbocycles. The number of hydrogen-bond donors (Lipinski definition) is 2. The first-order valence-corrected chi connectivity index (χ1v) is 7.54. The van der Waals surface area contributed by atoms with Gasteiger partial charge >= 0.3 is 0 Å². The molecule has 0 aromatic heterocycles. The Kier molecular flexibility index (Phi) is 3.84. The van der Waals surface area contributed by atoms with Crippen molar-refractivity contribution in [3.8, 4) is 5.75 Å². The number of nitrogens with two attached hydrogens (primary N) is 1. The third kappa shape index (κ3) is 2.40. The summed E-state index contributed by atoms with van der Waals surface area (Å²) in [4.78, 5) is 12.5. The second-order valence-corrected chi connectivity index (χ2v) is 6.35. The van der Waals surface area contributed by atoms with Crippen LogP contribution in [0.1, 0.15) is 24.8 Å². The Hall–Kier alpha value is -1.26. The summed E-state index contributed by atoms with van der Waals surface area (Å²) in [5.74, 6) is 2.10. The molecule has 4 unspecified atom stereocenters. The first-order valence-electron chi connectivity index (χ1n) is 7.54. The molecule has 0 radical (unpaired) electrons. The van der Waals surface area contributed by atoms with Crippen molar-refractivity contribution < 1.29 is 9.53 Å². The van der Waals surface area contributed by atoms with Gasteiger partial charge in [-0.05, 0) is 54.9 Å². The number of benzene rings is 1. The smallest absolute Gasteiger partial charge is 0.229 e. The van der Waals surface area contributed by atoms with E-state index in [1.807, 2.05) is 18.2 Å². The standard InChI is InChI=1S/C16H20N2O2.ClH/c17-15-11-2-1-10(7-11)14(15)16(19)18-12-3-4-13-9(8-12)5-6-20-13;/h3-4,8,10-11,14-15H,1-2,5-7,17H2,(H,18,19);1H. The monoisotopic (exact) mass is 308 g/mol. The van der Waals surface area contributed by atoms with Crippen LogP contribution in [0.5, 0.6) is 5.75 Å². The number of fused-ring (bicyclic) bond motifs is 3. The van der Waals surface area contributed by atoms with E-state index >= 15 is 0 Å². The van der Waals surface area contributed by atoms with Gasteiger partial charge in [0.15, 0.2) is 0 Å². The fraction of sp³-hybridized carbons (Fsp3) is 0.562. The molecule has 1 amide bonds. The quantitative estimate of drug-likeness (QED) is 0.881. The number of nitrogens with one attached hydrogen (secondary N) is 1. The van der Waals surface area contributed by atoms with Crippen LogP contribution in [-0.4, -0.2) is 18.6 Å². The third-order valence-electron chi connectivity index (χ3n) is 5.24. The number of carbonyl (C=O) groups excluding carboxylic acids is 1. The van der Waals surface area contributed by atoms with Gasteiger partial charge < -0.3 is 15.8 Å². The van der Waals surface area contributed by atoms with Crippen molar-refractivity contribution in [2.24, 2.45) is 23.5 Å². The lowest BCUT2D eigenvalue weighted by Gasteiger charge is -2.27. The number of carbonyl (C=O) groups is 1. The van der Waals surface area contributed by atoms with Crippen molar-refractivity contribution in [2.45, 2.75) is 31.7 Å². The maximum absolute atomic E-state index is 12.5. The maximum atomic E-state index is 12.5. The zero-order chi connectivity index (χ0) is 13.7. The van der Waals surface area contributed by atoms with E-state index in [1.165, 1.54) is 12.0 Å². The Morgan fingerprint density at radius 3 is 2.86 bits per heavy atom. The lowest BCUT2D eigenvalue weighted by atomic mass is 9.84. The fourth-order valence-electron chi connectivity index (χ4n) is 4.21. The highest BCUT2D eigenvalue weighted by Gasteiger charge is 2.49. The number of ether oxygens (including phenoxy) is 1. The topological polar surface area (TPSA) is 64.4 Å². The Labute approximate surface area is 130 Å². The molecule has 4 nitrogen and oxygen atoms in total. The molecule has 3 aliphatic rings. The molecule has 0 spiro atoms. The predicted molar refractivity (Wildman–Crippen MR) is 83.8 cm³/mol. The zero-order valence-corrected chi connectivity index (χ0v) is 12.7. The molecule has 3 N–H and O–H groups in total. The van der Waals surface area contributed by atoms with Crippen molar-refractivity contribution in [3.05, 3.63) is 23.8 Å². The van der Waals surface area contributed by atoms with Gasteiger partial charge in [0.05, 0.1) is 12.5 Å². The summed E-state index contributed by atoms with van der Waals surface area (Å²) in [6.45, 7) is 0.740. The first-order chi connectivity index (χ1) is 9.72. The third-order valence-corrected chi connectivity index (χ3v) is 5.24. The van der Waals surface area contributed by atoms with Crippen molar-refractivity contribution in [1.29, 1.82) is 0 Å². The predicted octanol–water partition coefficient (Wildman–Crippen LogP) is 2.36. The summed E-state index contributed by atoms with van der Waals surface area (Å²) < 4.78 is 5.48. The van der Waals surface area contributed by atoms with Crippen LogP contribution in [0.3, 0.4) is 0 Å². The second kappa shape index (κ2) is 5.50. The van der Waals surface area contributed by atoms with Gasteiger partial charge in [0.2, 0.25) is 5.91 Å². The van der Waals surface area contributed by atoms with Gasteiger partial charge in [-0.15, -0.1) is 12.4 Å². The average Bonchev–Trinajstić information content (AvgIpc) is 3.12. The van der Waals surface area contributed by atoms with E-state index in [0.29, 0.717) is 11.8 Å². The molecule has 2 saturated carbocycles. The van der Waals surface area contributed by atoms with Gasteiger partial charge in [-0.3, -0.25) is 4.79 Å². The summed E-state index contributed by atoms with van der Waals surface area (Å²) in [6.07, 6.45) is 4.42. The lowest BCUT2D eigenvalue weighted by Crippen LogP contribution is -2.42. The summed E-state index contributed by atoms with van der Waals surface area (Å²) in [6, 6.07) is 5.94. The van der Waals surface area contributed by atoms with Crippen LogP contribution in [0.4, 0.5) is 5.69 Å². The minimum atomic E-state index is -0.00162. The first kappa shape index (κ1) is 14.7. The summed E-state index contributed by atoms with van der Waals surface area (Å²) >= 11 is 0. The van der Waals surface area contributed by atoms with Gasteiger partial charge in [0.25, 0.3) is 0 Å². The van der Waals surface area contributed by atoms with E-state index in [-0.39, 0.29) is 30.3 Å². The molecule has 0 saturated heterocycles. The van der Waals surface area contributed by atoms with E-state index in [0.717, 1.165) is 37.3 Å². The van der Waals surface area contributed by atoms with Crippen LogP contribution < -0.4 is 15.8 Å². The highest BCUT2D eigenvalue weighted by atomic mass is 35.5. The molecule has 1 heterocycles. The Morgan fingerprint density at radius 1 is 1.29 bits per heavy atom. The molecule has 2 aliphatic carbocycles. The van der Waals surface area contributed by atoms with Gasteiger partial charge in [0.1, 0.15) is 5.75 Å². The summed E-state index contributed by atoms with van der Waals surface area (Å²) in [5.41, 5.74) is 8.28. The van der Waals surface area contributed by atoms with E-state index in [1.54, 1.807) is 0 Å². The number of amides is 1. The Bertz CT molecular complexity index is 561. The minimum Gasteiger partial charge on any atom is -0.493 e. The molecular formula is C16H21ClN2O2. The minimum absolute atomic E-state index is 0. The molecule has 1 aliphatic heterocycles. The van der Waals surface area contributed by atoms with Crippen LogP contribution >= 0.6 is 12.4 Å². The molecular weight excluding hydrogens is 288 g/mol. The van der Waals surface area contributed by atoms with E-state index < -0.39 is 0 Å². The van der Waals surface area contributed by atoms with Gasteiger partial charge in [0, 0.05) is 18.2 Å². The Balaban J connectivity index is 0.00000132. The van der Waals surface area contributed by atoms with Gasteiger partial charge in [-0.1, -0.05) is 0 Å². The van der Waals surface area contributed by atoms with Crippen molar-refractivity contribution in [3.63, 3.8) is 0 Å². The molecule has 5 heteroatoms. The van der Waals surface area contributed by atoms with E-state index in [9.17, 15) is 4.79 Å². The normalized spacial score (nSPS) is 32.2. The zero-order valence-electron chi connectivity index (χ0n) is 11.9. The largest absolute Gasteiger partial charge is 0.493 e. The molecule has 4 rings (SSSR count). The molecule has 2 fully saturated rings. The van der Waals surface area contributed by atoms with Crippen LogP contribution in [-0.2, 0) is 11.2 Å². The van der Waals surface area contributed by atoms with E-state index in [4.69, 9.17) is 10.5 Å². The molecule has 21 heavy (non-hydrogen) atoms. The number of hydrogen-bond acceptors (Lipinski definition) is 3. The lowest BCUT2D eigenvalue weighted by molar-refractivity contribution is -0.121. The molecule has 4 atom stereocenters. The fourth-order valence-corrected chi connectivity index (χ4v) is 4.21. The van der Waals surface area contributed by atoms with Crippen LogP contribution in [0.25, 0.3) is 0 Å². The highest BCUT2D eigenvalue weighted by molar-refractivity contribution is 5.93. The van der Waals surface area contributed by atoms with Crippen molar-refractivity contribution >= 4 is 24.0 Å². The summed E-state index contributed by atoms with van der Waals surface area (Å²) in [5, 5.41) is 3.05. The summed E-state index contributed by atoms with van der Waals surface area (Å²) in [7, 11) is 0. The number of rotatable bonds is 2. The van der Waals surface area contributed by atoms with Gasteiger partial charge in [-0.2, -0.15) is 0 Å². The Morgan fingerprint density at radius 2 is 2.10 bits per heavy atom. The van der Waals surface area contributed by atoms with Crippen LogP contribution in [0.2, 0.25) is 0 Å². The van der Waals surface area contributed by atoms with E-state index in [2.05, 4.69) is 5.32 Å². The maximum Gasteiger partial charge on any atom is 0.229 e. The number of anilines is 1. The molecule has 2 bridgehead atoms. The van der Waals surface area contributed by atoms with Crippen molar-refractivity contribution in [2.75, 3.05) is 11.9 Å². The highest BCUT2D eigenvalue weighted by Crippen LogP contribution is 2.48. The van der Waals surface area contributed by atoms with Crippen LogP contribution in [0, 0.1) is 17.8 Å². The molecule has 114 valence electrons. The average molecular weight is 309 g/mol. The van der Waals surface area contributed by atoms with Gasteiger partial charge in [-0.25, -0.2) is 0 Å². The second-order valence-electron chi connectivity index (χ2n) is 6.35. The molecule has 1 aromatic rings.